The molecule has 0 aliphatic carbocycles. The zero-order valence-electron chi connectivity index (χ0n) is 17.6. The standard InChI is InChI=1S/C24H26N4O3/c1-17-8-7-11-19-22(17)25-16-28(23(19)30)15-21(29)26-20(14-18-9-3-2-4-10-18)24(31)27-12-5-6-13-27/h2-4,7-11,16,20H,5-6,12-15H2,1H3,(H,26,29). The van der Waals surface area contributed by atoms with E-state index in [1.54, 1.807) is 17.0 Å². The van der Waals surface area contributed by atoms with Gasteiger partial charge < -0.3 is 10.2 Å². The predicted octanol–water partition coefficient (Wildman–Crippen LogP) is 2.05. The van der Waals surface area contributed by atoms with Crippen LogP contribution in [-0.4, -0.2) is 45.4 Å². The number of para-hydroxylation sites is 1. The Kier molecular flexibility index (Phi) is 6.11. The average molecular weight is 418 g/mol. The van der Waals surface area contributed by atoms with Crippen molar-refractivity contribution in [2.45, 2.75) is 38.8 Å². The quantitative estimate of drug-likeness (QED) is 0.664. The molecule has 7 heteroatoms. The molecule has 2 aromatic carbocycles. The molecule has 1 unspecified atom stereocenters. The summed E-state index contributed by atoms with van der Waals surface area (Å²) < 4.78 is 1.29. The van der Waals surface area contributed by atoms with Crippen molar-refractivity contribution in [1.29, 1.82) is 0 Å². The Morgan fingerprint density at radius 2 is 1.81 bits per heavy atom. The third kappa shape index (κ3) is 4.66. The average Bonchev–Trinajstić information content (AvgIpc) is 3.31. The normalized spacial score (nSPS) is 14.5. The van der Waals surface area contributed by atoms with E-state index in [1.807, 2.05) is 43.3 Å². The molecule has 1 fully saturated rings. The van der Waals surface area contributed by atoms with Crippen LogP contribution in [0.3, 0.4) is 0 Å². The lowest BCUT2D eigenvalue weighted by molar-refractivity contribution is -0.135. The van der Waals surface area contributed by atoms with Crippen LogP contribution in [0.4, 0.5) is 0 Å². The molecule has 0 spiro atoms. The van der Waals surface area contributed by atoms with Crippen LogP contribution in [0.5, 0.6) is 0 Å². The summed E-state index contributed by atoms with van der Waals surface area (Å²) in [6.45, 7) is 3.14. The summed E-state index contributed by atoms with van der Waals surface area (Å²) in [4.78, 5) is 44.8. The number of hydrogen-bond acceptors (Lipinski definition) is 4. The van der Waals surface area contributed by atoms with Gasteiger partial charge in [-0.15, -0.1) is 0 Å². The minimum absolute atomic E-state index is 0.0747. The van der Waals surface area contributed by atoms with Crippen molar-refractivity contribution in [1.82, 2.24) is 19.8 Å². The van der Waals surface area contributed by atoms with E-state index in [0.29, 0.717) is 30.4 Å². The van der Waals surface area contributed by atoms with Crippen LogP contribution in [0.25, 0.3) is 10.9 Å². The third-order valence-electron chi connectivity index (χ3n) is 5.70. The first-order chi connectivity index (χ1) is 15.0. The van der Waals surface area contributed by atoms with E-state index in [1.165, 1.54) is 10.9 Å². The molecule has 1 aliphatic heterocycles. The summed E-state index contributed by atoms with van der Waals surface area (Å²) in [6, 6.07) is 14.4. The number of benzene rings is 2. The maximum atomic E-state index is 13.0. The smallest absolute Gasteiger partial charge is 0.261 e. The Balaban J connectivity index is 1.53. The lowest BCUT2D eigenvalue weighted by atomic mass is 10.0. The molecule has 1 saturated heterocycles. The van der Waals surface area contributed by atoms with Crippen LogP contribution in [0, 0.1) is 6.92 Å². The number of rotatable bonds is 6. The zero-order valence-corrected chi connectivity index (χ0v) is 17.6. The van der Waals surface area contributed by atoms with Crippen LogP contribution in [0.15, 0.2) is 59.7 Å². The van der Waals surface area contributed by atoms with Gasteiger partial charge in [-0.05, 0) is 37.0 Å². The maximum absolute atomic E-state index is 13.0. The van der Waals surface area contributed by atoms with E-state index >= 15 is 0 Å². The largest absolute Gasteiger partial charge is 0.342 e. The number of aromatic nitrogens is 2. The Morgan fingerprint density at radius 1 is 1.06 bits per heavy atom. The van der Waals surface area contributed by atoms with Gasteiger partial charge in [-0.3, -0.25) is 19.0 Å². The molecule has 31 heavy (non-hydrogen) atoms. The van der Waals surface area contributed by atoms with Crippen molar-refractivity contribution >= 4 is 22.7 Å². The lowest BCUT2D eigenvalue weighted by Gasteiger charge is -2.24. The van der Waals surface area contributed by atoms with Gasteiger partial charge in [-0.25, -0.2) is 4.98 Å². The van der Waals surface area contributed by atoms with Gasteiger partial charge >= 0.3 is 0 Å². The van der Waals surface area contributed by atoms with Gasteiger partial charge in [0.05, 0.1) is 17.2 Å². The van der Waals surface area contributed by atoms with Gasteiger partial charge in [0, 0.05) is 19.5 Å². The highest BCUT2D eigenvalue weighted by Crippen LogP contribution is 2.13. The van der Waals surface area contributed by atoms with Gasteiger partial charge in [0.25, 0.3) is 5.56 Å². The van der Waals surface area contributed by atoms with E-state index in [-0.39, 0.29) is 23.9 Å². The van der Waals surface area contributed by atoms with Crippen LogP contribution >= 0.6 is 0 Å². The number of hydrogen-bond donors (Lipinski definition) is 1. The molecule has 0 bridgehead atoms. The minimum Gasteiger partial charge on any atom is -0.342 e. The molecular weight excluding hydrogens is 392 g/mol. The molecule has 1 aromatic heterocycles. The summed E-state index contributed by atoms with van der Waals surface area (Å²) in [5, 5.41) is 3.34. The topological polar surface area (TPSA) is 84.3 Å². The summed E-state index contributed by atoms with van der Waals surface area (Å²) in [5.74, 6) is -0.460. The molecule has 0 radical (unpaired) electrons. The highest BCUT2D eigenvalue weighted by molar-refractivity contribution is 5.88. The number of likely N-dealkylation sites (tertiary alicyclic amines) is 1. The van der Waals surface area contributed by atoms with Gasteiger partial charge in [-0.1, -0.05) is 42.5 Å². The fraction of sp³-hybridized carbons (Fsp3) is 0.333. The second kappa shape index (κ2) is 9.12. The molecule has 2 heterocycles. The van der Waals surface area contributed by atoms with Crippen molar-refractivity contribution in [2.75, 3.05) is 13.1 Å². The molecule has 3 aromatic rings. The third-order valence-corrected chi connectivity index (χ3v) is 5.70. The lowest BCUT2D eigenvalue weighted by Crippen LogP contribution is -2.50. The van der Waals surface area contributed by atoms with Crippen LogP contribution in [0.1, 0.15) is 24.0 Å². The first kappa shape index (κ1) is 20.8. The molecule has 1 aliphatic rings. The Hall–Kier alpha value is -3.48. The van der Waals surface area contributed by atoms with E-state index in [9.17, 15) is 14.4 Å². The second-order valence-electron chi connectivity index (χ2n) is 7.99. The number of fused-ring (bicyclic) bond motifs is 1. The maximum Gasteiger partial charge on any atom is 0.261 e. The van der Waals surface area contributed by atoms with Crippen molar-refractivity contribution < 1.29 is 9.59 Å². The van der Waals surface area contributed by atoms with Crippen molar-refractivity contribution in [3.8, 4) is 0 Å². The molecule has 4 rings (SSSR count). The number of carbonyl (C=O) groups is 2. The SMILES string of the molecule is Cc1cccc2c(=O)n(CC(=O)NC(Cc3ccccc3)C(=O)N3CCCC3)cnc12. The Morgan fingerprint density at radius 3 is 2.55 bits per heavy atom. The van der Waals surface area contributed by atoms with Crippen LogP contribution in [-0.2, 0) is 22.6 Å². The molecule has 0 saturated carbocycles. The van der Waals surface area contributed by atoms with Crippen molar-refractivity contribution in [3.63, 3.8) is 0 Å². The van der Waals surface area contributed by atoms with Gasteiger partial charge in [0.2, 0.25) is 11.8 Å². The van der Waals surface area contributed by atoms with Gasteiger partial charge in [-0.2, -0.15) is 0 Å². The summed E-state index contributed by atoms with van der Waals surface area (Å²) in [7, 11) is 0. The van der Waals surface area contributed by atoms with E-state index < -0.39 is 6.04 Å². The van der Waals surface area contributed by atoms with E-state index in [0.717, 1.165) is 24.0 Å². The molecule has 7 nitrogen and oxygen atoms in total. The summed E-state index contributed by atoms with van der Waals surface area (Å²) in [5.41, 5.74) is 2.25. The van der Waals surface area contributed by atoms with Crippen LogP contribution in [0.2, 0.25) is 0 Å². The first-order valence-electron chi connectivity index (χ1n) is 10.6. The number of amides is 2. The minimum atomic E-state index is -0.667. The molecule has 1 N–H and O–H groups in total. The van der Waals surface area contributed by atoms with Gasteiger partial charge in [0.15, 0.2) is 0 Å². The van der Waals surface area contributed by atoms with Crippen molar-refractivity contribution in [2.24, 2.45) is 0 Å². The summed E-state index contributed by atoms with van der Waals surface area (Å²) in [6.07, 6.45) is 3.77. The molecule has 160 valence electrons. The molecule has 1 atom stereocenters. The monoisotopic (exact) mass is 418 g/mol. The van der Waals surface area contributed by atoms with E-state index in [4.69, 9.17) is 0 Å². The molecule has 2 amide bonds. The number of carbonyl (C=O) groups excluding carboxylic acids is 2. The van der Waals surface area contributed by atoms with Crippen molar-refractivity contribution in [3.05, 3.63) is 76.3 Å². The highest BCUT2D eigenvalue weighted by Gasteiger charge is 2.28. The van der Waals surface area contributed by atoms with E-state index in [2.05, 4.69) is 10.3 Å². The first-order valence-corrected chi connectivity index (χ1v) is 10.6. The summed E-state index contributed by atoms with van der Waals surface area (Å²) >= 11 is 0. The highest BCUT2D eigenvalue weighted by atomic mass is 16.2. The van der Waals surface area contributed by atoms with Crippen LogP contribution < -0.4 is 10.9 Å². The fourth-order valence-corrected chi connectivity index (χ4v) is 4.05. The van der Waals surface area contributed by atoms with Gasteiger partial charge in [0.1, 0.15) is 12.6 Å². The number of aryl methyl sites for hydroxylation is 1. The second-order valence-corrected chi connectivity index (χ2v) is 7.99. The Bertz CT molecular complexity index is 1150. The predicted molar refractivity (Wildman–Crippen MR) is 119 cm³/mol. The molecular formula is C24H26N4O3. The number of nitrogens with one attached hydrogen (secondary N) is 1. The Labute approximate surface area is 180 Å². The number of nitrogens with zero attached hydrogens (tertiary/aromatic N) is 3. The zero-order chi connectivity index (χ0) is 21.8. The fourth-order valence-electron chi connectivity index (χ4n) is 4.05.